The SMILES string of the molecule is OC(c1ccsc1)C1COCCO1. The van der Waals surface area contributed by atoms with E-state index in [2.05, 4.69) is 0 Å². The van der Waals surface area contributed by atoms with Crippen molar-refractivity contribution >= 4 is 11.3 Å². The minimum absolute atomic E-state index is 0.205. The van der Waals surface area contributed by atoms with E-state index in [1.807, 2.05) is 16.8 Å². The molecule has 13 heavy (non-hydrogen) atoms. The molecule has 0 bridgehead atoms. The van der Waals surface area contributed by atoms with Crippen molar-refractivity contribution in [3.05, 3.63) is 22.4 Å². The van der Waals surface area contributed by atoms with Gasteiger partial charge in [0.25, 0.3) is 0 Å². The van der Waals surface area contributed by atoms with Gasteiger partial charge in [-0.25, -0.2) is 0 Å². The van der Waals surface area contributed by atoms with Crippen molar-refractivity contribution in [1.29, 1.82) is 0 Å². The summed E-state index contributed by atoms with van der Waals surface area (Å²) in [5.74, 6) is 0. The Bertz CT molecular complexity index is 241. The molecule has 1 aromatic rings. The van der Waals surface area contributed by atoms with Crippen LogP contribution in [0.2, 0.25) is 0 Å². The molecule has 2 unspecified atom stereocenters. The van der Waals surface area contributed by atoms with E-state index in [1.54, 1.807) is 11.3 Å². The first-order valence-electron chi connectivity index (χ1n) is 4.27. The number of hydrogen-bond acceptors (Lipinski definition) is 4. The van der Waals surface area contributed by atoms with Crippen LogP contribution in [0, 0.1) is 0 Å². The normalized spacial score (nSPS) is 25.8. The molecule has 0 saturated carbocycles. The molecule has 1 aliphatic rings. The first-order valence-corrected chi connectivity index (χ1v) is 5.22. The fourth-order valence-corrected chi connectivity index (χ4v) is 2.04. The summed E-state index contributed by atoms with van der Waals surface area (Å²) in [7, 11) is 0. The van der Waals surface area contributed by atoms with Gasteiger partial charge in [-0.05, 0) is 22.4 Å². The average molecular weight is 200 g/mol. The van der Waals surface area contributed by atoms with Crippen LogP contribution >= 0.6 is 11.3 Å². The minimum atomic E-state index is -0.549. The molecule has 0 aromatic carbocycles. The Balaban J connectivity index is 1.99. The standard InChI is InChI=1S/C9H12O3S/c10-9(7-1-4-13-6-7)8-5-11-2-3-12-8/h1,4,6,8-10H,2-3,5H2. The third-order valence-electron chi connectivity index (χ3n) is 2.08. The van der Waals surface area contributed by atoms with Crippen molar-refractivity contribution in [2.24, 2.45) is 0 Å². The molecule has 3 nitrogen and oxygen atoms in total. The van der Waals surface area contributed by atoms with Crippen LogP contribution in [0.4, 0.5) is 0 Å². The van der Waals surface area contributed by atoms with Gasteiger partial charge >= 0.3 is 0 Å². The molecule has 0 amide bonds. The van der Waals surface area contributed by atoms with Gasteiger partial charge in [0.2, 0.25) is 0 Å². The average Bonchev–Trinajstić information content (AvgIpc) is 2.71. The molecule has 1 fully saturated rings. The molecule has 2 atom stereocenters. The van der Waals surface area contributed by atoms with Gasteiger partial charge in [-0.2, -0.15) is 11.3 Å². The molecule has 72 valence electrons. The summed E-state index contributed by atoms with van der Waals surface area (Å²) in [6.45, 7) is 1.69. The van der Waals surface area contributed by atoms with Gasteiger partial charge in [-0.3, -0.25) is 0 Å². The van der Waals surface area contributed by atoms with Crippen LogP contribution in [0.5, 0.6) is 0 Å². The monoisotopic (exact) mass is 200 g/mol. The molecule has 1 aromatic heterocycles. The quantitative estimate of drug-likeness (QED) is 0.779. The van der Waals surface area contributed by atoms with Crippen molar-refractivity contribution in [3.63, 3.8) is 0 Å². The summed E-state index contributed by atoms with van der Waals surface area (Å²) in [5, 5.41) is 13.7. The highest BCUT2D eigenvalue weighted by Crippen LogP contribution is 2.23. The third-order valence-corrected chi connectivity index (χ3v) is 2.78. The van der Waals surface area contributed by atoms with E-state index < -0.39 is 6.10 Å². The van der Waals surface area contributed by atoms with E-state index in [-0.39, 0.29) is 6.10 Å². The predicted molar refractivity (Wildman–Crippen MR) is 49.8 cm³/mol. The van der Waals surface area contributed by atoms with E-state index in [0.29, 0.717) is 19.8 Å². The second-order valence-electron chi connectivity index (χ2n) is 2.99. The molecular weight excluding hydrogens is 188 g/mol. The lowest BCUT2D eigenvalue weighted by molar-refractivity contribution is -0.133. The van der Waals surface area contributed by atoms with Gasteiger partial charge in [0.05, 0.1) is 19.8 Å². The topological polar surface area (TPSA) is 38.7 Å². The fraction of sp³-hybridized carbons (Fsp3) is 0.556. The number of aliphatic hydroxyl groups is 1. The number of aliphatic hydroxyl groups excluding tert-OH is 1. The third kappa shape index (κ3) is 2.08. The maximum absolute atomic E-state index is 9.84. The highest BCUT2D eigenvalue weighted by atomic mass is 32.1. The van der Waals surface area contributed by atoms with Crippen LogP contribution in [-0.4, -0.2) is 31.0 Å². The molecule has 2 rings (SSSR count). The largest absolute Gasteiger partial charge is 0.386 e. The maximum atomic E-state index is 9.84. The first kappa shape index (κ1) is 9.15. The Hall–Kier alpha value is -0.420. The van der Waals surface area contributed by atoms with Crippen molar-refractivity contribution in [2.75, 3.05) is 19.8 Å². The molecule has 2 heterocycles. The Morgan fingerprint density at radius 3 is 3.08 bits per heavy atom. The number of thiophene rings is 1. The van der Waals surface area contributed by atoms with Gasteiger partial charge < -0.3 is 14.6 Å². The van der Waals surface area contributed by atoms with Crippen LogP contribution < -0.4 is 0 Å². The molecule has 0 aliphatic carbocycles. The smallest absolute Gasteiger partial charge is 0.111 e. The molecular formula is C9H12O3S. The Morgan fingerprint density at radius 1 is 1.54 bits per heavy atom. The molecule has 0 spiro atoms. The zero-order chi connectivity index (χ0) is 9.10. The van der Waals surface area contributed by atoms with Gasteiger partial charge in [0, 0.05) is 0 Å². The van der Waals surface area contributed by atoms with Crippen molar-refractivity contribution in [1.82, 2.24) is 0 Å². The Kier molecular flexibility index (Phi) is 2.95. The number of hydrogen-bond donors (Lipinski definition) is 1. The zero-order valence-electron chi connectivity index (χ0n) is 7.18. The second kappa shape index (κ2) is 4.19. The second-order valence-corrected chi connectivity index (χ2v) is 3.77. The first-order chi connectivity index (χ1) is 6.38. The van der Waals surface area contributed by atoms with E-state index in [0.717, 1.165) is 5.56 Å². The Morgan fingerprint density at radius 2 is 2.46 bits per heavy atom. The summed E-state index contributed by atoms with van der Waals surface area (Å²) in [6.07, 6.45) is -0.755. The van der Waals surface area contributed by atoms with Gasteiger partial charge in [0.15, 0.2) is 0 Å². The molecule has 4 heteroatoms. The summed E-state index contributed by atoms with van der Waals surface area (Å²) >= 11 is 1.58. The summed E-state index contributed by atoms with van der Waals surface area (Å²) < 4.78 is 10.6. The van der Waals surface area contributed by atoms with Crippen molar-refractivity contribution in [3.8, 4) is 0 Å². The summed E-state index contributed by atoms with van der Waals surface area (Å²) in [5.41, 5.74) is 0.917. The van der Waals surface area contributed by atoms with E-state index >= 15 is 0 Å². The molecule has 1 saturated heterocycles. The lowest BCUT2D eigenvalue weighted by atomic mass is 10.1. The van der Waals surface area contributed by atoms with E-state index in [4.69, 9.17) is 9.47 Å². The maximum Gasteiger partial charge on any atom is 0.111 e. The van der Waals surface area contributed by atoms with Crippen LogP contribution in [0.25, 0.3) is 0 Å². The minimum Gasteiger partial charge on any atom is -0.386 e. The van der Waals surface area contributed by atoms with Gasteiger partial charge in [-0.1, -0.05) is 0 Å². The fourth-order valence-electron chi connectivity index (χ4n) is 1.35. The highest BCUT2D eigenvalue weighted by molar-refractivity contribution is 7.07. The van der Waals surface area contributed by atoms with Crippen LogP contribution in [0.1, 0.15) is 11.7 Å². The molecule has 0 radical (unpaired) electrons. The van der Waals surface area contributed by atoms with Crippen LogP contribution in [0.15, 0.2) is 16.8 Å². The van der Waals surface area contributed by atoms with E-state index in [1.165, 1.54) is 0 Å². The lowest BCUT2D eigenvalue weighted by Crippen LogP contribution is -2.33. The van der Waals surface area contributed by atoms with Crippen molar-refractivity contribution in [2.45, 2.75) is 12.2 Å². The lowest BCUT2D eigenvalue weighted by Gasteiger charge is -2.26. The number of rotatable bonds is 2. The van der Waals surface area contributed by atoms with Crippen LogP contribution in [0.3, 0.4) is 0 Å². The zero-order valence-corrected chi connectivity index (χ0v) is 8.00. The van der Waals surface area contributed by atoms with Crippen LogP contribution in [-0.2, 0) is 9.47 Å². The summed E-state index contributed by atoms with van der Waals surface area (Å²) in [6, 6.07) is 1.91. The predicted octanol–water partition coefficient (Wildman–Crippen LogP) is 1.20. The highest BCUT2D eigenvalue weighted by Gasteiger charge is 2.24. The van der Waals surface area contributed by atoms with Gasteiger partial charge in [0.1, 0.15) is 12.2 Å². The number of ether oxygens (including phenoxy) is 2. The molecule has 1 N–H and O–H groups in total. The van der Waals surface area contributed by atoms with E-state index in [9.17, 15) is 5.11 Å². The molecule has 1 aliphatic heterocycles. The Labute approximate surface area is 80.9 Å². The van der Waals surface area contributed by atoms with Gasteiger partial charge in [-0.15, -0.1) is 0 Å². The summed E-state index contributed by atoms with van der Waals surface area (Å²) in [4.78, 5) is 0. The van der Waals surface area contributed by atoms with Crippen molar-refractivity contribution < 1.29 is 14.6 Å².